The lowest BCUT2D eigenvalue weighted by Gasteiger charge is -2.11. The van der Waals surface area contributed by atoms with Gasteiger partial charge in [0.1, 0.15) is 5.75 Å². The molecular formula is C11H15NO3. The number of carboxylic acid groups (broad SMARTS) is 1. The Morgan fingerprint density at radius 2 is 2.00 bits per heavy atom. The van der Waals surface area contributed by atoms with E-state index in [1.807, 2.05) is 26.0 Å². The average molecular weight is 209 g/mol. The minimum absolute atomic E-state index is 0.264. The Labute approximate surface area is 88.9 Å². The minimum atomic E-state index is -1.03. The molecule has 0 atom stereocenters. The molecule has 0 aliphatic heterocycles. The van der Waals surface area contributed by atoms with E-state index in [-0.39, 0.29) is 6.54 Å². The first-order valence-electron chi connectivity index (χ1n) is 4.65. The number of hydrogen-bond donors (Lipinski definition) is 2. The molecule has 0 saturated heterocycles. The third kappa shape index (κ3) is 2.87. The first kappa shape index (κ1) is 11.4. The van der Waals surface area contributed by atoms with Crippen molar-refractivity contribution in [2.45, 2.75) is 20.4 Å². The fraction of sp³-hybridized carbons (Fsp3) is 0.364. The summed E-state index contributed by atoms with van der Waals surface area (Å²) in [5.74, 6) is 0.715. The number of amides is 1. The van der Waals surface area contributed by atoms with Crippen molar-refractivity contribution in [2.75, 3.05) is 7.11 Å². The minimum Gasteiger partial charge on any atom is -0.496 e. The summed E-state index contributed by atoms with van der Waals surface area (Å²) in [5.41, 5.74) is 3.10. The fourth-order valence-electron chi connectivity index (χ4n) is 1.35. The van der Waals surface area contributed by atoms with E-state index < -0.39 is 6.09 Å². The van der Waals surface area contributed by atoms with Crippen molar-refractivity contribution in [1.82, 2.24) is 5.32 Å². The van der Waals surface area contributed by atoms with E-state index in [0.717, 1.165) is 16.7 Å². The Kier molecular flexibility index (Phi) is 3.55. The van der Waals surface area contributed by atoms with Gasteiger partial charge in [0.05, 0.1) is 7.11 Å². The van der Waals surface area contributed by atoms with Gasteiger partial charge in [-0.05, 0) is 31.0 Å². The van der Waals surface area contributed by atoms with Gasteiger partial charge in [-0.2, -0.15) is 0 Å². The Bertz CT molecular complexity index is 374. The summed E-state index contributed by atoms with van der Waals surface area (Å²) in [4.78, 5) is 10.4. The van der Waals surface area contributed by atoms with Gasteiger partial charge in [-0.1, -0.05) is 6.07 Å². The molecule has 1 rings (SSSR count). The number of ether oxygens (including phenoxy) is 1. The van der Waals surface area contributed by atoms with E-state index in [2.05, 4.69) is 5.32 Å². The Morgan fingerprint density at radius 1 is 1.40 bits per heavy atom. The van der Waals surface area contributed by atoms with Gasteiger partial charge in [-0.25, -0.2) is 4.79 Å². The van der Waals surface area contributed by atoms with Crippen LogP contribution in [-0.2, 0) is 6.54 Å². The lowest BCUT2D eigenvalue weighted by atomic mass is 10.1. The molecule has 0 aliphatic rings. The second kappa shape index (κ2) is 4.68. The molecule has 0 fully saturated rings. The maximum Gasteiger partial charge on any atom is 0.404 e. The second-order valence-corrected chi connectivity index (χ2v) is 3.41. The number of benzene rings is 1. The summed E-state index contributed by atoms with van der Waals surface area (Å²) < 4.78 is 5.18. The van der Waals surface area contributed by atoms with Gasteiger partial charge in [-0.15, -0.1) is 0 Å². The number of carbonyl (C=O) groups is 1. The molecule has 82 valence electrons. The number of methoxy groups -OCH3 is 1. The van der Waals surface area contributed by atoms with Crippen LogP contribution in [0, 0.1) is 13.8 Å². The SMILES string of the molecule is COc1cc(C)c(C)cc1CNC(=O)O. The number of nitrogens with one attached hydrogen (secondary N) is 1. The molecule has 15 heavy (non-hydrogen) atoms. The van der Waals surface area contributed by atoms with Gasteiger partial charge in [0.25, 0.3) is 0 Å². The summed E-state index contributed by atoms with van der Waals surface area (Å²) in [6.07, 6.45) is -1.03. The van der Waals surface area contributed by atoms with Gasteiger partial charge in [-0.3, -0.25) is 0 Å². The Balaban J connectivity index is 2.94. The summed E-state index contributed by atoms with van der Waals surface area (Å²) in [5, 5.41) is 10.8. The van der Waals surface area contributed by atoms with Gasteiger partial charge in [0, 0.05) is 12.1 Å². The molecular weight excluding hydrogens is 194 g/mol. The molecule has 0 saturated carbocycles. The summed E-state index contributed by atoms with van der Waals surface area (Å²) in [7, 11) is 1.58. The van der Waals surface area contributed by atoms with E-state index in [0.29, 0.717) is 5.75 Å². The lowest BCUT2D eigenvalue weighted by molar-refractivity contribution is 0.194. The lowest BCUT2D eigenvalue weighted by Crippen LogP contribution is -2.20. The van der Waals surface area contributed by atoms with Crippen LogP contribution in [0.2, 0.25) is 0 Å². The zero-order chi connectivity index (χ0) is 11.4. The topological polar surface area (TPSA) is 58.6 Å². The van der Waals surface area contributed by atoms with Crippen molar-refractivity contribution in [1.29, 1.82) is 0 Å². The summed E-state index contributed by atoms with van der Waals surface area (Å²) in [6, 6.07) is 3.85. The third-order valence-electron chi connectivity index (χ3n) is 2.33. The van der Waals surface area contributed by atoms with Crippen molar-refractivity contribution in [3.8, 4) is 5.75 Å². The van der Waals surface area contributed by atoms with Gasteiger partial charge in [0.15, 0.2) is 0 Å². The first-order chi connectivity index (χ1) is 7.04. The standard InChI is InChI=1S/C11H15NO3/c1-7-4-9(6-12-11(13)14)10(15-3)5-8(7)2/h4-5,12H,6H2,1-3H3,(H,13,14). The largest absolute Gasteiger partial charge is 0.496 e. The van der Waals surface area contributed by atoms with Crippen LogP contribution in [0.5, 0.6) is 5.75 Å². The molecule has 0 aliphatic carbocycles. The fourth-order valence-corrected chi connectivity index (χ4v) is 1.35. The van der Waals surface area contributed by atoms with Crippen LogP contribution in [0.25, 0.3) is 0 Å². The highest BCUT2D eigenvalue weighted by atomic mass is 16.5. The highest BCUT2D eigenvalue weighted by Crippen LogP contribution is 2.22. The molecule has 4 nitrogen and oxygen atoms in total. The normalized spacial score (nSPS) is 9.80. The van der Waals surface area contributed by atoms with Crippen molar-refractivity contribution < 1.29 is 14.6 Å². The molecule has 1 aromatic rings. The molecule has 0 radical (unpaired) electrons. The predicted molar refractivity (Wildman–Crippen MR) is 57.3 cm³/mol. The van der Waals surface area contributed by atoms with Gasteiger partial charge < -0.3 is 15.2 Å². The van der Waals surface area contributed by atoms with E-state index in [1.165, 1.54) is 0 Å². The van der Waals surface area contributed by atoms with Crippen LogP contribution in [-0.4, -0.2) is 18.3 Å². The van der Waals surface area contributed by atoms with Crippen molar-refractivity contribution in [2.24, 2.45) is 0 Å². The van der Waals surface area contributed by atoms with Crippen LogP contribution in [0.3, 0.4) is 0 Å². The van der Waals surface area contributed by atoms with Crippen molar-refractivity contribution in [3.63, 3.8) is 0 Å². The Morgan fingerprint density at radius 3 is 2.53 bits per heavy atom. The maximum absolute atomic E-state index is 10.4. The number of aryl methyl sites for hydroxylation is 2. The van der Waals surface area contributed by atoms with Crippen LogP contribution in [0.4, 0.5) is 4.79 Å². The monoisotopic (exact) mass is 209 g/mol. The summed E-state index contributed by atoms with van der Waals surface area (Å²) >= 11 is 0. The molecule has 4 heteroatoms. The molecule has 0 heterocycles. The van der Waals surface area contributed by atoms with Crippen LogP contribution in [0.15, 0.2) is 12.1 Å². The predicted octanol–water partition coefficient (Wildman–Crippen LogP) is 2.08. The first-order valence-corrected chi connectivity index (χ1v) is 4.65. The van der Waals surface area contributed by atoms with Gasteiger partial charge >= 0.3 is 6.09 Å². The number of hydrogen-bond acceptors (Lipinski definition) is 2. The third-order valence-corrected chi connectivity index (χ3v) is 2.33. The van der Waals surface area contributed by atoms with Crippen molar-refractivity contribution in [3.05, 3.63) is 28.8 Å². The van der Waals surface area contributed by atoms with Crippen LogP contribution < -0.4 is 10.1 Å². The molecule has 1 aromatic carbocycles. The molecule has 2 N–H and O–H groups in total. The molecule has 1 amide bonds. The average Bonchev–Trinajstić information content (AvgIpc) is 2.19. The maximum atomic E-state index is 10.4. The van der Waals surface area contributed by atoms with E-state index in [4.69, 9.17) is 9.84 Å². The molecule has 0 bridgehead atoms. The smallest absolute Gasteiger partial charge is 0.404 e. The zero-order valence-corrected chi connectivity index (χ0v) is 9.13. The zero-order valence-electron chi connectivity index (χ0n) is 9.13. The highest BCUT2D eigenvalue weighted by molar-refractivity contribution is 5.64. The second-order valence-electron chi connectivity index (χ2n) is 3.41. The van der Waals surface area contributed by atoms with E-state index in [9.17, 15) is 4.79 Å². The van der Waals surface area contributed by atoms with Gasteiger partial charge in [0.2, 0.25) is 0 Å². The van der Waals surface area contributed by atoms with E-state index in [1.54, 1.807) is 7.11 Å². The summed E-state index contributed by atoms with van der Waals surface area (Å²) in [6.45, 7) is 4.24. The van der Waals surface area contributed by atoms with Crippen molar-refractivity contribution >= 4 is 6.09 Å². The van der Waals surface area contributed by atoms with Crippen LogP contribution in [0.1, 0.15) is 16.7 Å². The highest BCUT2D eigenvalue weighted by Gasteiger charge is 2.06. The molecule has 0 aromatic heterocycles. The quantitative estimate of drug-likeness (QED) is 0.801. The molecule has 0 spiro atoms. The molecule has 0 unspecified atom stereocenters. The van der Waals surface area contributed by atoms with E-state index >= 15 is 0 Å². The number of rotatable bonds is 3. The van der Waals surface area contributed by atoms with Crippen LogP contribution >= 0.6 is 0 Å². The Hall–Kier alpha value is -1.71.